The van der Waals surface area contributed by atoms with Gasteiger partial charge in [0.2, 0.25) is 0 Å². The molecule has 0 amide bonds. The Hall–Kier alpha value is -0.120. The molecule has 0 radical (unpaired) electrons. The summed E-state index contributed by atoms with van der Waals surface area (Å²) in [6.45, 7) is 11.9. The topological polar surface area (TPSA) is 41.3 Å². The lowest BCUT2D eigenvalue weighted by Gasteiger charge is -2.21. The minimum Gasteiger partial charge on any atom is -0.329 e. The molecule has 0 aromatic heterocycles. The maximum absolute atomic E-state index is 5.72. The summed E-state index contributed by atoms with van der Waals surface area (Å²) in [6, 6.07) is 0.514. The van der Waals surface area contributed by atoms with Gasteiger partial charge in [-0.25, -0.2) is 0 Å². The normalized spacial score (nSPS) is 13.4. The van der Waals surface area contributed by atoms with E-state index in [9.17, 15) is 0 Å². The van der Waals surface area contributed by atoms with Crippen molar-refractivity contribution in [2.75, 3.05) is 32.7 Å². The zero-order valence-corrected chi connectivity index (χ0v) is 10.8. The molecule has 15 heavy (non-hydrogen) atoms. The summed E-state index contributed by atoms with van der Waals surface area (Å²) in [5, 5.41) is 3.54. The van der Waals surface area contributed by atoms with Gasteiger partial charge in [-0.3, -0.25) is 0 Å². The van der Waals surface area contributed by atoms with Crippen molar-refractivity contribution in [2.45, 2.75) is 46.1 Å². The van der Waals surface area contributed by atoms with Crippen LogP contribution in [0.15, 0.2) is 0 Å². The Morgan fingerprint density at radius 2 is 1.87 bits per heavy atom. The molecule has 0 saturated carbocycles. The SMILES string of the molecule is CCCCC(CN)NCCN(CC)CC. The molecule has 3 heteroatoms. The van der Waals surface area contributed by atoms with Gasteiger partial charge in [-0.05, 0) is 19.5 Å². The molecule has 0 aromatic rings. The Balaban J connectivity index is 3.52. The van der Waals surface area contributed by atoms with Crippen LogP contribution in [0.25, 0.3) is 0 Å². The van der Waals surface area contributed by atoms with Crippen molar-refractivity contribution >= 4 is 0 Å². The second-order valence-corrected chi connectivity index (χ2v) is 4.06. The van der Waals surface area contributed by atoms with Crippen molar-refractivity contribution in [1.29, 1.82) is 0 Å². The molecule has 1 unspecified atom stereocenters. The molecule has 92 valence electrons. The highest BCUT2D eigenvalue weighted by atomic mass is 15.1. The Morgan fingerprint density at radius 1 is 1.20 bits per heavy atom. The van der Waals surface area contributed by atoms with Gasteiger partial charge in [-0.1, -0.05) is 33.6 Å². The van der Waals surface area contributed by atoms with Crippen LogP contribution in [-0.2, 0) is 0 Å². The van der Waals surface area contributed by atoms with Gasteiger partial charge in [0.15, 0.2) is 0 Å². The van der Waals surface area contributed by atoms with E-state index in [2.05, 4.69) is 31.0 Å². The number of nitrogens with one attached hydrogen (secondary N) is 1. The van der Waals surface area contributed by atoms with Crippen molar-refractivity contribution in [3.8, 4) is 0 Å². The van der Waals surface area contributed by atoms with Crippen molar-refractivity contribution in [3.05, 3.63) is 0 Å². The lowest BCUT2D eigenvalue weighted by molar-refractivity contribution is 0.294. The fraction of sp³-hybridized carbons (Fsp3) is 1.00. The van der Waals surface area contributed by atoms with Crippen molar-refractivity contribution in [3.63, 3.8) is 0 Å². The quantitative estimate of drug-likeness (QED) is 0.579. The zero-order chi connectivity index (χ0) is 11.5. The van der Waals surface area contributed by atoms with Crippen LogP contribution in [0.3, 0.4) is 0 Å². The van der Waals surface area contributed by atoms with Crippen molar-refractivity contribution < 1.29 is 0 Å². The summed E-state index contributed by atoms with van der Waals surface area (Å²) >= 11 is 0. The van der Waals surface area contributed by atoms with E-state index in [-0.39, 0.29) is 0 Å². The lowest BCUT2D eigenvalue weighted by Crippen LogP contribution is -2.40. The summed E-state index contributed by atoms with van der Waals surface area (Å²) in [5.74, 6) is 0. The van der Waals surface area contributed by atoms with Crippen LogP contribution in [0.2, 0.25) is 0 Å². The number of likely N-dealkylation sites (N-methyl/N-ethyl adjacent to an activating group) is 1. The van der Waals surface area contributed by atoms with Crippen molar-refractivity contribution in [2.24, 2.45) is 5.73 Å². The number of nitrogens with zero attached hydrogens (tertiary/aromatic N) is 1. The van der Waals surface area contributed by atoms with Crippen LogP contribution in [0.4, 0.5) is 0 Å². The lowest BCUT2D eigenvalue weighted by atomic mass is 10.1. The molecule has 3 N–H and O–H groups in total. The third-order valence-corrected chi connectivity index (χ3v) is 2.95. The largest absolute Gasteiger partial charge is 0.329 e. The van der Waals surface area contributed by atoms with E-state index in [1.807, 2.05) is 0 Å². The Bertz CT molecular complexity index is 124. The molecule has 0 bridgehead atoms. The second kappa shape index (κ2) is 10.4. The minimum atomic E-state index is 0.514. The van der Waals surface area contributed by atoms with Crippen LogP contribution < -0.4 is 11.1 Å². The number of unbranched alkanes of at least 4 members (excludes halogenated alkanes) is 1. The summed E-state index contributed by atoms with van der Waals surface area (Å²) in [5.41, 5.74) is 5.72. The van der Waals surface area contributed by atoms with Gasteiger partial charge >= 0.3 is 0 Å². The third kappa shape index (κ3) is 7.77. The maximum Gasteiger partial charge on any atom is 0.0190 e. The Morgan fingerprint density at radius 3 is 2.33 bits per heavy atom. The summed E-state index contributed by atoms with van der Waals surface area (Å²) in [4.78, 5) is 2.43. The molecular formula is C12H29N3. The van der Waals surface area contributed by atoms with Crippen LogP contribution in [0, 0.1) is 0 Å². The first-order chi connectivity index (χ1) is 7.28. The molecule has 0 saturated heterocycles. The fourth-order valence-corrected chi connectivity index (χ4v) is 1.72. The molecule has 0 aliphatic heterocycles. The molecule has 0 aliphatic rings. The first-order valence-electron chi connectivity index (χ1n) is 6.44. The van der Waals surface area contributed by atoms with Gasteiger partial charge in [0, 0.05) is 25.7 Å². The average Bonchev–Trinajstić information content (AvgIpc) is 2.28. The molecule has 3 nitrogen and oxygen atoms in total. The van der Waals surface area contributed by atoms with Crippen molar-refractivity contribution in [1.82, 2.24) is 10.2 Å². The smallest absolute Gasteiger partial charge is 0.0190 e. The van der Waals surface area contributed by atoms with Crippen LogP contribution >= 0.6 is 0 Å². The zero-order valence-electron chi connectivity index (χ0n) is 10.8. The van der Waals surface area contributed by atoms with E-state index in [4.69, 9.17) is 5.73 Å². The molecule has 0 aliphatic carbocycles. The van der Waals surface area contributed by atoms with Gasteiger partial charge in [-0.2, -0.15) is 0 Å². The van der Waals surface area contributed by atoms with E-state index >= 15 is 0 Å². The Labute approximate surface area is 95.4 Å². The van der Waals surface area contributed by atoms with Crippen LogP contribution in [0.5, 0.6) is 0 Å². The number of nitrogens with two attached hydrogens (primary N) is 1. The number of hydrogen-bond acceptors (Lipinski definition) is 3. The van der Waals surface area contributed by atoms with E-state index in [0.717, 1.165) is 32.7 Å². The maximum atomic E-state index is 5.72. The predicted molar refractivity (Wildman–Crippen MR) is 68.2 cm³/mol. The van der Waals surface area contributed by atoms with Gasteiger partial charge in [0.25, 0.3) is 0 Å². The highest BCUT2D eigenvalue weighted by Crippen LogP contribution is 1.98. The molecule has 1 atom stereocenters. The standard InChI is InChI=1S/C12H29N3/c1-4-7-8-12(11-13)14-9-10-15(5-2)6-3/h12,14H,4-11,13H2,1-3H3. The predicted octanol–water partition coefficient (Wildman–Crippen LogP) is 1.44. The van der Waals surface area contributed by atoms with Crippen LogP contribution in [0.1, 0.15) is 40.0 Å². The van der Waals surface area contributed by atoms with E-state index in [0.29, 0.717) is 6.04 Å². The monoisotopic (exact) mass is 215 g/mol. The number of rotatable bonds is 10. The molecule has 0 rings (SSSR count). The van der Waals surface area contributed by atoms with Gasteiger partial charge in [0.05, 0.1) is 0 Å². The molecule has 0 spiro atoms. The molecule has 0 aromatic carbocycles. The highest BCUT2D eigenvalue weighted by molar-refractivity contribution is 4.68. The molecule has 0 fully saturated rings. The van der Waals surface area contributed by atoms with Gasteiger partial charge in [-0.15, -0.1) is 0 Å². The van der Waals surface area contributed by atoms with E-state index < -0.39 is 0 Å². The Kier molecular flexibility index (Phi) is 10.3. The number of hydrogen-bond donors (Lipinski definition) is 2. The van der Waals surface area contributed by atoms with E-state index in [1.54, 1.807) is 0 Å². The first-order valence-corrected chi connectivity index (χ1v) is 6.44. The summed E-state index contributed by atoms with van der Waals surface area (Å²) < 4.78 is 0. The van der Waals surface area contributed by atoms with E-state index in [1.165, 1.54) is 19.3 Å². The highest BCUT2D eigenvalue weighted by Gasteiger charge is 2.05. The average molecular weight is 215 g/mol. The second-order valence-electron chi connectivity index (χ2n) is 4.06. The molecular weight excluding hydrogens is 186 g/mol. The van der Waals surface area contributed by atoms with Crippen LogP contribution in [-0.4, -0.2) is 43.7 Å². The fourth-order valence-electron chi connectivity index (χ4n) is 1.72. The minimum absolute atomic E-state index is 0.514. The molecule has 0 heterocycles. The summed E-state index contributed by atoms with van der Waals surface area (Å²) in [7, 11) is 0. The third-order valence-electron chi connectivity index (χ3n) is 2.95. The van der Waals surface area contributed by atoms with Gasteiger partial charge in [0.1, 0.15) is 0 Å². The van der Waals surface area contributed by atoms with Gasteiger partial charge < -0.3 is 16.0 Å². The summed E-state index contributed by atoms with van der Waals surface area (Å²) in [6.07, 6.45) is 3.75. The first kappa shape index (κ1) is 14.9.